The van der Waals surface area contributed by atoms with E-state index in [0.717, 1.165) is 24.7 Å². The van der Waals surface area contributed by atoms with Gasteiger partial charge in [-0.25, -0.2) is 0 Å². The minimum atomic E-state index is -0.0326. The number of likely N-dealkylation sites (tertiary alicyclic amines) is 1. The molecule has 5 atom stereocenters. The van der Waals surface area contributed by atoms with Crippen LogP contribution in [0.4, 0.5) is 0 Å². The standard InChI is InChI=1S/C13H25NO/c1-9-6-10(2)11(3)14(8-9)12-4-5-13(15)7-12/h9-13,15H,4-8H2,1-3H3. The third-order valence-electron chi connectivity index (χ3n) is 4.49. The molecule has 0 spiro atoms. The zero-order chi connectivity index (χ0) is 11.0. The first-order chi connectivity index (χ1) is 7.08. The summed E-state index contributed by atoms with van der Waals surface area (Å²) < 4.78 is 0. The topological polar surface area (TPSA) is 23.5 Å². The summed E-state index contributed by atoms with van der Waals surface area (Å²) in [5.74, 6) is 1.64. The number of hydrogen-bond donors (Lipinski definition) is 1. The van der Waals surface area contributed by atoms with E-state index in [0.29, 0.717) is 12.1 Å². The SMILES string of the molecule is CC1CC(C)C(C)N(C2CCC(O)C2)C1. The molecule has 15 heavy (non-hydrogen) atoms. The van der Waals surface area contributed by atoms with Crippen LogP contribution in [0.5, 0.6) is 0 Å². The Morgan fingerprint density at radius 3 is 2.40 bits per heavy atom. The second kappa shape index (κ2) is 4.42. The maximum absolute atomic E-state index is 9.62. The van der Waals surface area contributed by atoms with Crippen molar-refractivity contribution in [2.24, 2.45) is 11.8 Å². The summed E-state index contributed by atoms with van der Waals surface area (Å²) >= 11 is 0. The van der Waals surface area contributed by atoms with Crippen LogP contribution in [0.2, 0.25) is 0 Å². The molecular weight excluding hydrogens is 186 g/mol. The first-order valence-electron chi connectivity index (χ1n) is 6.51. The van der Waals surface area contributed by atoms with Crippen molar-refractivity contribution in [3.8, 4) is 0 Å². The van der Waals surface area contributed by atoms with Gasteiger partial charge in [0.05, 0.1) is 6.10 Å². The third kappa shape index (κ3) is 2.36. The van der Waals surface area contributed by atoms with Gasteiger partial charge in [0.2, 0.25) is 0 Å². The molecule has 5 unspecified atom stereocenters. The molecule has 88 valence electrons. The molecule has 2 heteroatoms. The average molecular weight is 211 g/mol. The lowest BCUT2D eigenvalue weighted by Crippen LogP contribution is -2.50. The second-order valence-electron chi connectivity index (χ2n) is 5.88. The zero-order valence-electron chi connectivity index (χ0n) is 10.3. The molecule has 1 heterocycles. The highest BCUT2D eigenvalue weighted by atomic mass is 16.3. The van der Waals surface area contributed by atoms with Gasteiger partial charge in [-0.3, -0.25) is 4.90 Å². The fourth-order valence-electron chi connectivity index (χ4n) is 3.48. The van der Waals surface area contributed by atoms with Gasteiger partial charge in [-0.15, -0.1) is 0 Å². The van der Waals surface area contributed by atoms with Crippen LogP contribution in [-0.4, -0.2) is 34.7 Å². The maximum Gasteiger partial charge on any atom is 0.0555 e. The first-order valence-corrected chi connectivity index (χ1v) is 6.51. The van der Waals surface area contributed by atoms with Crippen LogP contribution in [-0.2, 0) is 0 Å². The molecule has 0 aromatic heterocycles. The molecule has 1 aliphatic carbocycles. The van der Waals surface area contributed by atoms with E-state index in [2.05, 4.69) is 25.7 Å². The summed E-state index contributed by atoms with van der Waals surface area (Å²) in [6, 6.07) is 1.36. The Morgan fingerprint density at radius 2 is 1.80 bits per heavy atom. The largest absolute Gasteiger partial charge is 0.393 e. The fourth-order valence-corrected chi connectivity index (χ4v) is 3.48. The molecule has 0 aromatic rings. The van der Waals surface area contributed by atoms with Gasteiger partial charge in [-0.1, -0.05) is 13.8 Å². The lowest BCUT2D eigenvalue weighted by Gasteiger charge is -2.44. The van der Waals surface area contributed by atoms with E-state index in [4.69, 9.17) is 0 Å². The number of aliphatic hydroxyl groups is 1. The summed E-state index contributed by atoms with van der Waals surface area (Å²) in [7, 11) is 0. The Kier molecular flexibility index (Phi) is 3.36. The summed E-state index contributed by atoms with van der Waals surface area (Å²) in [4.78, 5) is 2.66. The van der Waals surface area contributed by atoms with Crippen molar-refractivity contribution < 1.29 is 5.11 Å². The van der Waals surface area contributed by atoms with Gasteiger partial charge < -0.3 is 5.11 Å². The van der Waals surface area contributed by atoms with Gasteiger partial charge in [0, 0.05) is 18.6 Å². The Hall–Kier alpha value is -0.0800. The molecule has 0 amide bonds. The van der Waals surface area contributed by atoms with Gasteiger partial charge in [-0.2, -0.15) is 0 Å². The number of rotatable bonds is 1. The van der Waals surface area contributed by atoms with Crippen molar-refractivity contribution in [3.05, 3.63) is 0 Å². The molecule has 2 fully saturated rings. The van der Waals surface area contributed by atoms with Crippen LogP contribution in [0.25, 0.3) is 0 Å². The van der Waals surface area contributed by atoms with E-state index in [-0.39, 0.29) is 6.10 Å². The van der Waals surface area contributed by atoms with Crippen molar-refractivity contribution in [1.29, 1.82) is 0 Å². The minimum absolute atomic E-state index is 0.0326. The predicted octanol–water partition coefficient (Wildman–Crippen LogP) is 2.27. The molecule has 1 saturated heterocycles. The van der Waals surface area contributed by atoms with Crippen molar-refractivity contribution in [2.45, 2.75) is 64.6 Å². The highest BCUT2D eigenvalue weighted by Crippen LogP contribution is 2.33. The molecule has 1 N–H and O–H groups in total. The molecule has 0 radical (unpaired) electrons. The average Bonchev–Trinajstić information content (AvgIpc) is 2.58. The molecule has 2 rings (SSSR count). The van der Waals surface area contributed by atoms with Crippen molar-refractivity contribution >= 4 is 0 Å². The van der Waals surface area contributed by atoms with E-state index < -0.39 is 0 Å². The second-order valence-corrected chi connectivity index (χ2v) is 5.88. The Bertz CT molecular complexity index is 219. The third-order valence-corrected chi connectivity index (χ3v) is 4.49. The number of hydrogen-bond acceptors (Lipinski definition) is 2. The number of piperidine rings is 1. The summed E-state index contributed by atoms with van der Waals surface area (Å²) in [6.45, 7) is 8.34. The van der Waals surface area contributed by atoms with Gasteiger partial charge in [0.25, 0.3) is 0 Å². The van der Waals surface area contributed by atoms with E-state index in [1.807, 2.05) is 0 Å². The van der Waals surface area contributed by atoms with Crippen LogP contribution in [0.1, 0.15) is 46.5 Å². The van der Waals surface area contributed by atoms with Gasteiger partial charge in [-0.05, 0) is 44.4 Å². The normalized spacial score (nSPS) is 48.4. The lowest BCUT2D eigenvalue weighted by molar-refractivity contribution is 0.0369. The molecule has 2 aliphatic rings. The molecule has 1 aliphatic heterocycles. The van der Waals surface area contributed by atoms with Crippen LogP contribution < -0.4 is 0 Å². The Balaban J connectivity index is 2.00. The maximum atomic E-state index is 9.62. The molecular formula is C13H25NO. The molecule has 0 bridgehead atoms. The minimum Gasteiger partial charge on any atom is -0.393 e. The molecule has 0 aromatic carbocycles. The van der Waals surface area contributed by atoms with Crippen molar-refractivity contribution in [1.82, 2.24) is 4.90 Å². The lowest BCUT2D eigenvalue weighted by atomic mass is 9.85. The quantitative estimate of drug-likeness (QED) is 0.719. The number of aliphatic hydroxyl groups excluding tert-OH is 1. The monoisotopic (exact) mass is 211 g/mol. The Labute approximate surface area is 93.7 Å². The van der Waals surface area contributed by atoms with E-state index in [1.165, 1.54) is 19.4 Å². The van der Waals surface area contributed by atoms with Crippen molar-refractivity contribution in [2.75, 3.05) is 6.54 Å². The van der Waals surface area contributed by atoms with Crippen LogP contribution in [0, 0.1) is 11.8 Å². The highest BCUT2D eigenvalue weighted by molar-refractivity contribution is 4.90. The Morgan fingerprint density at radius 1 is 1.07 bits per heavy atom. The van der Waals surface area contributed by atoms with Gasteiger partial charge in [0.1, 0.15) is 0 Å². The van der Waals surface area contributed by atoms with E-state index in [1.54, 1.807) is 0 Å². The first kappa shape index (κ1) is 11.4. The van der Waals surface area contributed by atoms with Gasteiger partial charge >= 0.3 is 0 Å². The fraction of sp³-hybridized carbons (Fsp3) is 1.00. The van der Waals surface area contributed by atoms with Crippen LogP contribution >= 0.6 is 0 Å². The summed E-state index contributed by atoms with van der Waals surface area (Å²) in [5.41, 5.74) is 0. The smallest absolute Gasteiger partial charge is 0.0555 e. The highest BCUT2D eigenvalue weighted by Gasteiger charge is 2.36. The number of nitrogens with zero attached hydrogens (tertiary/aromatic N) is 1. The van der Waals surface area contributed by atoms with Crippen LogP contribution in [0.15, 0.2) is 0 Å². The van der Waals surface area contributed by atoms with E-state index >= 15 is 0 Å². The summed E-state index contributed by atoms with van der Waals surface area (Å²) in [5, 5.41) is 9.62. The van der Waals surface area contributed by atoms with Crippen molar-refractivity contribution in [3.63, 3.8) is 0 Å². The zero-order valence-corrected chi connectivity index (χ0v) is 10.3. The predicted molar refractivity (Wildman–Crippen MR) is 62.8 cm³/mol. The summed E-state index contributed by atoms with van der Waals surface area (Å²) in [6.07, 6.45) is 4.55. The van der Waals surface area contributed by atoms with E-state index in [9.17, 15) is 5.11 Å². The molecule has 2 nitrogen and oxygen atoms in total. The van der Waals surface area contributed by atoms with Crippen LogP contribution in [0.3, 0.4) is 0 Å². The molecule has 1 saturated carbocycles. The van der Waals surface area contributed by atoms with Gasteiger partial charge in [0.15, 0.2) is 0 Å².